The van der Waals surface area contributed by atoms with E-state index in [9.17, 15) is 13.2 Å². The minimum atomic E-state index is -3.71. The predicted octanol–water partition coefficient (Wildman–Crippen LogP) is 3.77. The van der Waals surface area contributed by atoms with E-state index in [1.807, 2.05) is 6.07 Å². The summed E-state index contributed by atoms with van der Waals surface area (Å²) < 4.78 is 32.6. The highest BCUT2D eigenvalue weighted by atomic mass is 32.2. The molecule has 0 fully saturated rings. The summed E-state index contributed by atoms with van der Waals surface area (Å²) >= 11 is 0. The molecular formula is C21H22N2O4S. The summed E-state index contributed by atoms with van der Waals surface area (Å²) in [6, 6.07) is 18.5. The molecule has 1 aromatic heterocycles. The molecule has 0 N–H and O–H groups in total. The van der Waals surface area contributed by atoms with E-state index in [0.717, 1.165) is 0 Å². The smallest absolute Gasteiger partial charge is 0.264 e. The number of hydrogen-bond acceptors (Lipinski definition) is 4. The van der Waals surface area contributed by atoms with Gasteiger partial charge in [-0.05, 0) is 55.5 Å². The highest BCUT2D eigenvalue weighted by molar-refractivity contribution is 7.92. The molecule has 1 heterocycles. The van der Waals surface area contributed by atoms with Crippen LogP contribution in [0.15, 0.2) is 82.3 Å². The van der Waals surface area contributed by atoms with Gasteiger partial charge in [-0.3, -0.25) is 9.10 Å². The topological polar surface area (TPSA) is 70.8 Å². The zero-order chi connectivity index (χ0) is 20.1. The molecule has 0 spiro atoms. The average molecular weight is 398 g/mol. The quantitative estimate of drug-likeness (QED) is 0.607. The van der Waals surface area contributed by atoms with Gasteiger partial charge in [0.05, 0.1) is 23.4 Å². The van der Waals surface area contributed by atoms with Crippen molar-refractivity contribution in [1.29, 1.82) is 0 Å². The van der Waals surface area contributed by atoms with Gasteiger partial charge < -0.3 is 9.32 Å². The van der Waals surface area contributed by atoms with E-state index in [1.54, 1.807) is 56.6 Å². The van der Waals surface area contributed by atoms with E-state index in [-0.39, 0.29) is 10.8 Å². The van der Waals surface area contributed by atoms with Crippen LogP contribution < -0.4 is 4.31 Å². The Labute approximate surface area is 165 Å². The molecule has 146 valence electrons. The number of anilines is 1. The molecule has 0 aliphatic rings. The summed E-state index contributed by atoms with van der Waals surface area (Å²) in [7, 11) is -2.04. The third kappa shape index (κ3) is 4.09. The lowest BCUT2D eigenvalue weighted by molar-refractivity contribution is 0.0775. The van der Waals surface area contributed by atoms with E-state index >= 15 is 0 Å². The van der Waals surface area contributed by atoms with Crippen LogP contribution in [-0.2, 0) is 16.6 Å². The van der Waals surface area contributed by atoms with Crippen LogP contribution in [-0.4, -0.2) is 32.8 Å². The Hall–Kier alpha value is -3.06. The van der Waals surface area contributed by atoms with Gasteiger partial charge in [0.15, 0.2) is 0 Å². The molecule has 28 heavy (non-hydrogen) atoms. The van der Waals surface area contributed by atoms with Crippen molar-refractivity contribution in [2.45, 2.75) is 18.4 Å². The minimum Gasteiger partial charge on any atom is -0.467 e. The first kappa shape index (κ1) is 19.7. The monoisotopic (exact) mass is 398 g/mol. The van der Waals surface area contributed by atoms with E-state index < -0.39 is 10.0 Å². The van der Waals surface area contributed by atoms with Crippen LogP contribution in [0, 0.1) is 0 Å². The fourth-order valence-corrected chi connectivity index (χ4v) is 4.38. The summed E-state index contributed by atoms with van der Waals surface area (Å²) in [5.74, 6) is 0.465. The molecule has 0 aliphatic carbocycles. The van der Waals surface area contributed by atoms with Crippen LogP contribution in [0.3, 0.4) is 0 Å². The highest BCUT2D eigenvalue weighted by Crippen LogP contribution is 2.23. The summed E-state index contributed by atoms with van der Waals surface area (Å²) in [4.78, 5) is 14.2. The van der Waals surface area contributed by atoms with Crippen molar-refractivity contribution >= 4 is 21.6 Å². The molecule has 0 atom stereocenters. The van der Waals surface area contributed by atoms with Gasteiger partial charge in [-0.25, -0.2) is 8.42 Å². The maximum atomic E-state index is 13.0. The Morgan fingerprint density at radius 2 is 1.64 bits per heavy atom. The van der Waals surface area contributed by atoms with Crippen molar-refractivity contribution < 1.29 is 17.6 Å². The highest BCUT2D eigenvalue weighted by Gasteiger charge is 2.24. The van der Waals surface area contributed by atoms with Crippen LogP contribution in [0.25, 0.3) is 0 Å². The Kier molecular flexibility index (Phi) is 5.84. The number of amides is 1. The van der Waals surface area contributed by atoms with Crippen LogP contribution in [0.1, 0.15) is 23.0 Å². The SMILES string of the molecule is CCN(c1ccccc1)S(=O)(=O)c1ccc(C(=O)N(C)Cc2ccco2)cc1. The molecule has 0 bridgehead atoms. The second-order valence-electron chi connectivity index (χ2n) is 6.27. The second-order valence-corrected chi connectivity index (χ2v) is 8.13. The minimum absolute atomic E-state index is 0.142. The largest absolute Gasteiger partial charge is 0.467 e. The van der Waals surface area contributed by atoms with Crippen molar-refractivity contribution in [3.8, 4) is 0 Å². The van der Waals surface area contributed by atoms with Crippen molar-refractivity contribution in [1.82, 2.24) is 4.90 Å². The molecule has 0 saturated carbocycles. The standard InChI is InChI=1S/C21H22N2O4S/c1-3-23(18-8-5-4-6-9-18)28(25,26)20-13-11-17(12-14-20)21(24)22(2)16-19-10-7-15-27-19/h4-15H,3,16H2,1-2H3. The lowest BCUT2D eigenvalue weighted by atomic mass is 10.2. The molecule has 3 rings (SSSR count). The molecule has 0 saturated heterocycles. The van der Waals surface area contributed by atoms with E-state index in [0.29, 0.717) is 30.1 Å². The summed E-state index contributed by atoms with van der Waals surface area (Å²) in [6.45, 7) is 2.43. The number of sulfonamides is 1. The number of carbonyl (C=O) groups is 1. The number of benzene rings is 2. The van der Waals surface area contributed by atoms with E-state index in [1.165, 1.54) is 33.5 Å². The Morgan fingerprint density at radius 3 is 2.21 bits per heavy atom. The van der Waals surface area contributed by atoms with Gasteiger partial charge in [0.1, 0.15) is 5.76 Å². The molecule has 0 aliphatic heterocycles. The lowest BCUT2D eigenvalue weighted by Gasteiger charge is -2.23. The summed E-state index contributed by atoms with van der Waals surface area (Å²) in [6.07, 6.45) is 1.56. The first-order chi connectivity index (χ1) is 13.4. The van der Waals surface area contributed by atoms with Gasteiger partial charge in [-0.1, -0.05) is 18.2 Å². The number of furan rings is 1. The maximum absolute atomic E-state index is 13.0. The van der Waals surface area contributed by atoms with Gasteiger partial charge in [-0.2, -0.15) is 0 Å². The third-order valence-electron chi connectivity index (χ3n) is 4.34. The van der Waals surface area contributed by atoms with Crippen LogP contribution in [0.2, 0.25) is 0 Å². The summed E-state index contributed by atoms with van der Waals surface area (Å²) in [5, 5.41) is 0. The number of rotatable bonds is 7. The second kappa shape index (κ2) is 8.31. The number of carbonyl (C=O) groups excluding carboxylic acids is 1. The molecule has 7 heteroatoms. The predicted molar refractivity (Wildman–Crippen MR) is 108 cm³/mol. The zero-order valence-electron chi connectivity index (χ0n) is 15.8. The van der Waals surface area contributed by atoms with Crippen molar-refractivity contribution in [3.63, 3.8) is 0 Å². The van der Waals surface area contributed by atoms with Crippen molar-refractivity contribution in [3.05, 3.63) is 84.3 Å². The van der Waals surface area contributed by atoms with E-state index in [4.69, 9.17) is 4.42 Å². The van der Waals surface area contributed by atoms with Crippen LogP contribution >= 0.6 is 0 Å². The Bertz CT molecular complexity index is 1010. The zero-order valence-corrected chi connectivity index (χ0v) is 16.6. The average Bonchev–Trinajstić information content (AvgIpc) is 3.21. The normalized spacial score (nSPS) is 11.2. The fraction of sp³-hybridized carbons (Fsp3) is 0.190. The third-order valence-corrected chi connectivity index (χ3v) is 6.26. The molecule has 1 amide bonds. The Morgan fingerprint density at radius 1 is 0.964 bits per heavy atom. The van der Waals surface area contributed by atoms with Gasteiger partial charge in [0, 0.05) is 19.2 Å². The number of para-hydroxylation sites is 1. The summed E-state index contributed by atoms with van der Waals surface area (Å²) in [5.41, 5.74) is 1.01. The van der Waals surface area contributed by atoms with E-state index in [2.05, 4.69) is 0 Å². The van der Waals surface area contributed by atoms with Gasteiger partial charge in [0.25, 0.3) is 15.9 Å². The van der Waals surface area contributed by atoms with Crippen LogP contribution in [0.5, 0.6) is 0 Å². The first-order valence-electron chi connectivity index (χ1n) is 8.89. The Balaban J connectivity index is 1.80. The number of hydrogen-bond donors (Lipinski definition) is 0. The molecule has 0 radical (unpaired) electrons. The number of nitrogens with zero attached hydrogens (tertiary/aromatic N) is 2. The van der Waals surface area contributed by atoms with Gasteiger partial charge in [-0.15, -0.1) is 0 Å². The van der Waals surface area contributed by atoms with Crippen LogP contribution in [0.4, 0.5) is 5.69 Å². The molecule has 2 aromatic carbocycles. The molecule has 0 unspecified atom stereocenters. The molecule has 6 nitrogen and oxygen atoms in total. The van der Waals surface area contributed by atoms with Crippen molar-refractivity contribution in [2.75, 3.05) is 17.9 Å². The maximum Gasteiger partial charge on any atom is 0.264 e. The fourth-order valence-electron chi connectivity index (χ4n) is 2.91. The lowest BCUT2D eigenvalue weighted by Crippen LogP contribution is -2.31. The molecular weight excluding hydrogens is 376 g/mol. The van der Waals surface area contributed by atoms with Gasteiger partial charge >= 0.3 is 0 Å². The van der Waals surface area contributed by atoms with Crippen molar-refractivity contribution in [2.24, 2.45) is 0 Å². The van der Waals surface area contributed by atoms with Gasteiger partial charge in [0.2, 0.25) is 0 Å². The first-order valence-corrected chi connectivity index (χ1v) is 10.3. The molecule has 3 aromatic rings.